The Morgan fingerprint density at radius 3 is 2.56 bits per heavy atom. The van der Waals surface area contributed by atoms with Crippen LogP contribution < -0.4 is 0 Å². The summed E-state index contributed by atoms with van der Waals surface area (Å²) < 4.78 is 7.28. The SMILES string of the molecule is CCOC(O)N1CCC2(CC(N3CCC(c4nc(Cl)c(Cl)n4C)CC3)C2)C1. The lowest BCUT2D eigenvalue weighted by atomic mass is 9.64. The van der Waals surface area contributed by atoms with Crippen LogP contribution in [0.5, 0.6) is 0 Å². The molecule has 1 atom stereocenters. The summed E-state index contributed by atoms with van der Waals surface area (Å²) in [5.74, 6) is 1.46. The summed E-state index contributed by atoms with van der Waals surface area (Å²) in [4.78, 5) is 9.20. The van der Waals surface area contributed by atoms with Crippen molar-refractivity contribution in [2.45, 2.75) is 57.4 Å². The first kappa shape index (κ1) is 19.9. The predicted octanol–water partition coefficient (Wildman–Crippen LogP) is 3.07. The van der Waals surface area contributed by atoms with Crippen molar-refractivity contribution in [1.29, 1.82) is 0 Å². The van der Waals surface area contributed by atoms with Crippen molar-refractivity contribution in [2.24, 2.45) is 12.5 Å². The Morgan fingerprint density at radius 2 is 1.96 bits per heavy atom. The van der Waals surface area contributed by atoms with Gasteiger partial charge >= 0.3 is 0 Å². The molecule has 6 nitrogen and oxygen atoms in total. The number of aliphatic hydroxyl groups excluding tert-OH is 1. The molecule has 1 spiro atoms. The zero-order valence-corrected chi connectivity index (χ0v) is 17.7. The molecule has 1 aromatic heterocycles. The summed E-state index contributed by atoms with van der Waals surface area (Å²) in [5.41, 5.74) is 0.389. The molecule has 0 aromatic carbocycles. The molecule has 0 radical (unpaired) electrons. The zero-order chi connectivity index (χ0) is 19.2. The minimum atomic E-state index is -0.736. The van der Waals surface area contributed by atoms with Gasteiger partial charge in [-0.25, -0.2) is 4.98 Å². The van der Waals surface area contributed by atoms with Gasteiger partial charge in [0.15, 0.2) is 5.15 Å². The highest BCUT2D eigenvalue weighted by Crippen LogP contribution is 2.51. The molecule has 8 heteroatoms. The Bertz CT molecular complexity index is 669. The first-order chi connectivity index (χ1) is 12.9. The van der Waals surface area contributed by atoms with Gasteiger partial charge in [0.1, 0.15) is 11.0 Å². The lowest BCUT2D eigenvalue weighted by Gasteiger charge is -2.52. The third-order valence-corrected chi connectivity index (χ3v) is 7.66. The minimum Gasteiger partial charge on any atom is -0.356 e. The van der Waals surface area contributed by atoms with Crippen LogP contribution in [0, 0.1) is 5.41 Å². The zero-order valence-electron chi connectivity index (χ0n) is 16.2. The first-order valence-electron chi connectivity index (χ1n) is 10.1. The van der Waals surface area contributed by atoms with E-state index in [1.165, 1.54) is 19.3 Å². The van der Waals surface area contributed by atoms with Crippen molar-refractivity contribution in [3.8, 4) is 0 Å². The van der Waals surface area contributed by atoms with Gasteiger partial charge in [-0.05, 0) is 57.5 Å². The Balaban J connectivity index is 1.27. The quantitative estimate of drug-likeness (QED) is 0.747. The summed E-state index contributed by atoms with van der Waals surface area (Å²) >= 11 is 12.3. The monoisotopic (exact) mass is 416 g/mol. The summed E-state index contributed by atoms with van der Waals surface area (Å²) in [6.45, 7) is 6.60. The average molecular weight is 417 g/mol. The lowest BCUT2D eigenvalue weighted by molar-refractivity contribution is -0.188. The highest BCUT2D eigenvalue weighted by atomic mass is 35.5. The number of aromatic nitrogens is 2. The van der Waals surface area contributed by atoms with E-state index in [4.69, 9.17) is 27.9 Å². The highest BCUT2D eigenvalue weighted by Gasteiger charge is 2.51. The van der Waals surface area contributed by atoms with E-state index in [-0.39, 0.29) is 0 Å². The van der Waals surface area contributed by atoms with Crippen molar-refractivity contribution < 1.29 is 9.84 Å². The van der Waals surface area contributed by atoms with E-state index >= 15 is 0 Å². The number of piperidine rings is 1. The number of imidazole rings is 1. The van der Waals surface area contributed by atoms with E-state index in [2.05, 4.69) is 14.8 Å². The molecule has 2 aliphatic heterocycles. The molecule has 152 valence electrons. The molecular weight excluding hydrogens is 387 g/mol. The fourth-order valence-electron chi connectivity index (χ4n) is 5.29. The number of ether oxygens (including phenoxy) is 1. The Morgan fingerprint density at radius 1 is 1.26 bits per heavy atom. The molecular formula is C19H30Cl2N4O2. The Labute approximate surface area is 171 Å². The van der Waals surface area contributed by atoms with Crippen molar-refractivity contribution in [2.75, 3.05) is 32.8 Å². The van der Waals surface area contributed by atoms with Crippen molar-refractivity contribution >= 4 is 23.2 Å². The van der Waals surface area contributed by atoms with Crippen LogP contribution in [0.3, 0.4) is 0 Å². The number of likely N-dealkylation sites (tertiary alicyclic amines) is 2. The van der Waals surface area contributed by atoms with Crippen LogP contribution in [-0.2, 0) is 11.8 Å². The molecule has 1 saturated carbocycles. The van der Waals surface area contributed by atoms with Gasteiger partial charge < -0.3 is 19.3 Å². The number of hydrogen-bond acceptors (Lipinski definition) is 5. The minimum absolute atomic E-state index is 0.389. The van der Waals surface area contributed by atoms with Gasteiger partial charge in [0, 0.05) is 38.7 Å². The van der Waals surface area contributed by atoms with Crippen LogP contribution in [-0.4, -0.2) is 69.7 Å². The van der Waals surface area contributed by atoms with Crippen LogP contribution >= 0.6 is 23.2 Å². The topological polar surface area (TPSA) is 53.8 Å². The maximum absolute atomic E-state index is 10.1. The largest absolute Gasteiger partial charge is 0.356 e. The van der Waals surface area contributed by atoms with Crippen molar-refractivity contribution in [3.05, 3.63) is 16.1 Å². The second kappa shape index (κ2) is 7.81. The van der Waals surface area contributed by atoms with Gasteiger partial charge in [0.2, 0.25) is 6.41 Å². The van der Waals surface area contributed by atoms with Crippen molar-refractivity contribution in [3.63, 3.8) is 0 Å². The van der Waals surface area contributed by atoms with Crippen molar-refractivity contribution in [1.82, 2.24) is 19.4 Å². The lowest BCUT2D eigenvalue weighted by Crippen LogP contribution is -2.54. The van der Waals surface area contributed by atoms with Gasteiger partial charge in [0.25, 0.3) is 0 Å². The molecule has 1 unspecified atom stereocenters. The van der Waals surface area contributed by atoms with Gasteiger partial charge in [-0.3, -0.25) is 4.90 Å². The third kappa shape index (κ3) is 3.77. The highest BCUT2D eigenvalue weighted by molar-refractivity contribution is 6.40. The Hall–Kier alpha value is -0.370. The summed E-state index contributed by atoms with van der Waals surface area (Å²) in [7, 11) is 1.95. The van der Waals surface area contributed by atoms with E-state index < -0.39 is 6.41 Å². The maximum Gasteiger partial charge on any atom is 0.216 e. The summed E-state index contributed by atoms with van der Waals surface area (Å²) in [5, 5.41) is 11.0. The molecule has 1 N–H and O–H groups in total. The molecule has 0 bridgehead atoms. The second-order valence-electron chi connectivity index (χ2n) is 8.49. The van der Waals surface area contributed by atoms with Gasteiger partial charge in [-0.1, -0.05) is 23.2 Å². The molecule has 27 heavy (non-hydrogen) atoms. The van der Waals surface area contributed by atoms with Crippen LogP contribution in [0.4, 0.5) is 0 Å². The molecule has 1 aromatic rings. The summed E-state index contributed by atoms with van der Waals surface area (Å²) in [6, 6.07) is 0.684. The fourth-order valence-corrected chi connectivity index (χ4v) is 5.63. The number of hydrogen-bond donors (Lipinski definition) is 1. The number of nitrogens with zero attached hydrogens (tertiary/aromatic N) is 4. The maximum atomic E-state index is 10.1. The second-order valence-corrected chi connectivity index (χ2v) is 9.20. The smallest absolute Gasteiger partial charge is 0.216 e. The first-order valence-corrected chi connectivity index (χ1v) is 10.8. The van der Waals surface area contributed by atoms with Crippen LogP contribution in [0.15, 0.2) is 0 Å². The molecule has 3 aliphatic rings. The fraction of sp³-hybridized carbons (Fsp3) is 0.842. The van der Waals surface area contributed by atoms with E-state index in [1.807, 2.05) is 18.5 Å². The molecule has 3 heterocycles. The predicted molar refractivity (Wildman–Crippen MR) is 106 cm³/mol. The number of aliphatic hydroxyl groups is 1. The standard InChI is InChI=1S/C19H30Cl2N4O2/c1-3-27-18(26)25-9-6-19(12-25)10-14(11-19)24-7-4-13(5-8-24)17-22-15(20)16(21)23(17)2/h13-14,18,26H,3-12H2,1-2H3. The molecule has 1 aliphatic carbocycles. The van der Waals surface area contributed by atoms with Crippen LogP contribution in [0.25, 0.3) is 0 Å². The van der Waals surface area contributed by atoms with Gasteiger partial charge in [0.05, 0.1) is 0 Å². The van der Waals surface area contributed by atoms with E-state index in [9.17, 15) is 5.11 Å². The van der Waals surface area contributed by atoms with Crippen LogP contribution in [0.2, 0.25) is 10.3 Å². The van der Waals surface area contributed by atoms with E-state index in [1.54, 1.807) is 0 Å². The van der Waals surface area contributed by atoms with Gasteiger partial charge in [-0.2, -0.15) is 0 Å². The summed E-state index contributed by atoms with van der Waals surface area (Å²) in [6.07, 6.45) is 5.14. The van der Waals surface area contributed by atoms with Gasteiger partial charge in [-0.15, -0.1) is 0 Å². The molecule has 3 fully saturated rings. The molecule has 2 saturated heterocycles. The Kier molecular flexibility index (Phi) is 5.76. The number of rotatable bonds is 5. The van der Waals surface area contributed by atoms with Crippen LogP contribution in [0.1, 0.15) is 50.8 Å². The average Bonchev–Trinajstić information content (AvgIpc) is 3.19. The molecule has 4 rings (SSSR count). The normalized spacial score (nSPS) is 31.5. The molecule has 0 amide bonds. The number of halogens is 2. The van der Waals surface area contributed by atoms with E-state index in [0.717, 1.165) is 44.8 Å². The third-order valence-electron chi connectivity index (χ3n) is 6.87. The van der Waals surface area contributed by atoms with E-state index in [0.29, 0.717) is 34.3 Å².